The highest BCUT2D eigenvalue weighted by Crippen LogP contribution is 2.31. The number of fused-ring (bicyclic) bond motifs is 1. The van der Waals surface area contributed by atoms with E-state index in [9.17, 15) is 4.79 Å². The molecule has 0 atom stereocenters. The zero-order chi connectivity index (χ0) is 17.9. The summed E-state index contributed by atoms with van der Waals surface area (Å²) in [6.45, 7) is 0. The highest BCUT2D eigenvalue weighted by molar-refractivity contribution is 6.30. The second kappa shape index (κ2) is 6.93. The third-order valence-electron chi connectivity index (χ3n) is 3.90. The number of carbonyl (C=O) groups excluding carboxylic acids is 1. The van der Waals surface area contributed by atoms with Crippen molar-refractivity contribution >= 4 is 29.0 Å². The van der Waals surface area contributed by atoms with Gasteiger partial charge in [0, 0.05) is 29.8 Å². The lowest BCUT2D eigenvalue weighted by molar-refractivity contribution is -0.115. The second-order valence-corrected chi connectivity index (χ2v) is 6.14. The lowest BCUT2D eigenvalue weighted by Crippen LogP contribution is -2.15. The Labute approximate surface area is 154 Å². The van der Waals surface area contributed by atoms with Crippen LogP contribution in [0.1, 0.15) is 5.56 Å². The molecule has 0 saturated heterocycles. The summed E-state index contributed by atoms with van der Waals surface area (Å²) in [4.78, 5) is 20.8. The molecule has 1 amide bonds. The minimum atomic E-state index is -0.158. The van der Waals surface area contributed by atoms with Gasteiger partial charge in [0.15, 0.2) is 11.5 Å². The van der Waals surface area contributed by atoms with E-state index in [1.807, 2.05) is 24.3 Å². The maximum absolute atomic E-state index is 12.5. The van der Waals surface area contributed by atoms with Crippen molar-refractivity contribution in [3.05, 3.63) is 77.8 Å². The van der Waals surface area contributed by atoms with Crippen molar-refractivity contribution in [3.8, 4) is 11.1 Å². The lowest BCUT2D eigenvalue weighted by Gasteiger charge is -2.06. The summed E-state index contributed by atoms with van der Waals surface area (Å²) in [5.74, 6) is 0.305. The third kappa shape index (κ3) is 3.27. The predicted molar refractivity (Wildman–Crippen MR) is 100 cm³/mol. The normalized spacial score (nSPS) is 10.8. The van der Waals surface area contributed by atoms with E-state index in [0.29, 0.717) is 16.5 Å². The number of benzene rings is 1. The van der Waals surface area contributed by atoms with Gasteiger partial charge in [-0.05, 0) is 41.5 Å². The number of anilines is 1. The molecule has 4 rings (SSSR count). The van der Waals surface area contributed by atoms with Gasteiger partial charge in [-0.15, -0.1) is 5.10 Å². The Morgan fingerprint density at radius 1 is 1.08 bits per heavy atom. The number of pyridine rings is 1. The van der Waals surface area contributed by atoms with Crippen molar-refractivity contribution in [2.24, 2.45) is 0 Å². The summed E-state index contributed by atoms with van der Waals surface area (Å²) >= 11 is 5.99. The summed E-state index contributed by atoms with van der Waals surface area (Å²) in [5, 5.41) is 8.01. The van der Waals surface area contributed by atoms with Crippen LogP contribution in [0.3, 0.4) is 0 Å². The summed E-state index contributed by atoms with van der Waals surface area (Å²) in [5.41, 5.74) is 3.18. The van der Waals surface area contributed by atoms with Gasteiger partial charge in [-0.3, -0.25) is 9.78 Å². The Hall–Kier alpha value is -3.25. The van der Waals surface area contributed by atoms with Crippen molar-refractivity contribution < 1.29 is 4.79 Å². The topological polar surface area (TPSA) is 72.2 Å². The Bertz CT molecular complexity index is 1060. The molecular weight excluding hydrogens is 350 g/mol. The number of nitrogens with one attached hydrogen (secondary N) is 1. The molecule has 1 N–H and O–H groups in total. The molecular formula is C19H14ClN5O. The Morgan fingerprint density at radius 3 is 2.62 bits per heavy atom. The van der Waals surface area contributed by atoms with Gasteiger partial charge in [0.05, 0.1) is 12.0 Å². The molecule has 3 heterocycles. The lowest BCUT2D eigenvalue weighted by atomic mass is 10.1. The van der Waals surface area contributed by atoms with Crippen molar-refractivity contribution in [3.63, 3.8) is 0 Å². The van der Waals surface area contributed by atoms with Crippen molar-refractivity contribution in [2.75, 3.05) is 5.32 Å². The van der Waals surface area contributed by atoms with Crippen molar-refractivity contribution in [1.29, 1.82) is 0 Å². The molecule has 4 aromatic rings. The molecule has 0 radical (unpaired) electrons. The van der Waals surface area contributed by atoms with Crippen molar-refractivity contribution in [1.82, 2.24) is 19.6 Å². The van der Waals surface area contributed by atoms with Gasteiger partial charge >= 0.3 is 0 Å². The van der Waals surface area contributed by atoms with Crippen LogP contribution in [0.25, 0.3) is 16.8 Å². The second-order valence-electron chi connectivity index (χ2n) is 5.70. The summed E-state index contributed by atoms with van der Waals surface area (Å²) in [6, 6.07) is 12.8. The minimum absolute atomic E-state index is 0.158. The molecule has 7 heteroatoms. The highest BCUT2D eigenvalue weighted by atomic mass is 35.5. The quantitative estimate of drug-likeness (QED) is 0.601. The minimum Gasteiger partial charge on any atom is -0.308 e. The highest BCUT2D eigenvalue weighted by Gasteiger charge is 2.18. The first-order chi connectivity index (χ1) is 12.7. The molecule has 0 fully saturated rings. The van der Waals surface area contributed by atoms with E-state index in [0.717, 1.165) is 16.7 Å². The van der Waals surface area contributed by atoms with Crippen LogP contribution in [0.2, 0.25) is 5.02 Å². The van der Waals surface area contributed by atoms with Crippen LogP contribution in [-0.2, 0) is 11.2 Å². The maximum atomic E-state index is 12.5. The van der Waals surface area contributed by atoms with E-state index >= 15 is 0 Å². The predicted octanol–water partition coefficient (Wildman–Crippen LogP) is 3.63. The average Bonchev–Trinajstić information content (AvgIpc) is 3.01. The number of halogens is 1. The molecule has 0 spiro atoms. The zero-order valence-corrected chi connectivity index (χ0v) is 14.4. The van der Waals surface area contributed by atoms with Gasteiger partial charge in [-0.25, -0.2) is 9.50 Å². The Morgan fingerprint density at radius 2 is 1.85 bits per heavy atom. The number of amides is 1. The SMILES string of the molecule is O=C(Cc1ccncc1)Nc1nn2cccnc2c1-c1ccc(Cl)cc1. The number of aromatic nitrogens is 4. The maximum Gasteiger partial charge on any atom is 0.230 e. The molecule has 0 saturated carbocycles. The number of carbonyl (C=O) groups is 1. The monoisotopic (exact) mass is 363 g/mol. The van der Waals surface area contributed by atoms with Gasteiger partial charge in [-0.1, -0.05) is 23.7 Å². The van der Waals surface area contributed by atoms with E-state index < -0.39 is 0 Å². The fourth-order valence-corrected chi connectivity index (χ4v) is 2.84. The number of nitrogens with zero attached hydrogens (tertiary/aromatic N) is 4. The van der Waals surface area contributed by atoms with E-state index in [2.05, 4.69) is 20.4 Å². The molecule has 1 aromatic carbocycles. The molecule has 0 bridgehead atoms. The van der Waals surface area contributed by atoms with Gasteiger partial charge in [0.25, 0.3) is 0 Å². The molecule has 0 aliphatic carbocycles. The summed E-state index contributed by atoms with van der Waals surface area (Å²) < 4.78 is 1.64. The van der Waals surface area contributed by atoms with E-state index in [4.69, 9.17) is 11.6 Å². The largest absolute Gasteiger partial charge is 0.308 e. The molecule has 0 unspecified atom stereocenters. The number of rotatable bonds is 4. The van der Waals surface area contributed by atoms with Crippen LogP contribution in [-0.4, -0.2) is 25.5 Å². The van der Waals surface area contributed by atoms with Gasteiger partial charge in [-0.2, -0.15) is 0 Å². The third-order valence-corrected chi connectivity index (χ3v) is 4.15. The van der Waals surface area contributed by atoms with Crippen LogP contribution >= 0.6 is 11.6 Å². The molecule has 26 heavy (non-hydrogen) atoms. The van der Waals surface area contributed by atoms with Crippen LogP contribution in [0.5, 0.6) is 0 Å². The molecule has 6 nitrogen and oxygen atoms in total. The smallest absolute Gasteiger partial charge is 0.230 e. The van der Waals surface area contributed by atoms with Crippen molar-refractivity contribution in [2.45, 2.75) is 6.42 Å². The van der Waals surface area contributed by atoms with Gasteiger partial charge in [0.2, 0.25) is 5.91 Å². The molecule has 0 aliphatic heterocycles. The van der Waals surface area contributed by atoms with Gasteiger partial charge in [0.1, 0.15) is 0 Å². The first-order valence-electron chi connectivity index (χ1n) is 7.99. The zero-order valence-electron chi connectivity index (χ0n) is 13.6. The van der Waals surface area contributed by atoms with Crippen LogP contribution < -0.4 is 5.32 Å². The Kier molecular flexibility index (Phi) is 4.33. The fraction of sp³-hybridized carbons (Fsp3) is 0.0526. The summed E-state index contributed by atoms with van der Waals surface area (Å²) in [7, 11) is 0. The Balaban J connectivity index is 1.71. The van der Waals surface area contributed by atoms with Crippen LogP contribution in [0.4, 0.5) is 5.82 Å². The summed E-state index contributed by atoms with van der Waals surface area (Å²) in [6.07, 6.45) is 7.05. The van der Waals surface area contributed by atoms with Crippen LogP contribution in [0.15, 0.2) is 67.3 Å². The van der Waals surface area contributed by atoms with E-state index in [1.54, 1.807) is 47.5 Å². The molecule has 128 valence electrons. The van der Waals surface area contributed by atoms with Gasteiger partial charge < -0.3 is 5.32 Å². The average molecular weight is 364 g/mol. The standard InChI is InChI=1S/C19H14ClN5O/c20-15-4-2-14(3-5-15)17-18(24-25-11-1-8-22-19(17)25)23-16(26)12-13-6-9-21-10-7-13/h1-11H,12H2,(H,23,24,26). The molecule has 0 aliphatic rings. The number of hydrogen-bond acceptors (Lipinski definition) is 4. The molecule has 3 aromatic heterocycles. The fourth-order valence-electron chi connectivity index (χ4n) is 2.72. The van der Waals surface area contributed by atoms with E-state index in [1.165, 1.54) is 0 Å². The number of hydrogen-bond donors (Lipinski definition) is 1. The van der Waals surface area contributed by atoms with Crippen LogP contribution in [0, 0.1) is 0 Å². The first-order valence-corrected chi connectivity index (χ1v) is 8.36. The first kappa shape index (κ1) is 16.2. The van der Waals surface area contributed by atoms with E-state index in [-0.39, 0.29) is 12.3 Å².